The first-order valence-corrected chi connectivity index (χ1v) is 7.65. The van der Waals surface area contributed by atoms with Gasteiger partial charge in [-0.05, 0) is 43.9 Å². The van der Waals surface area contributed by atoms with E-state index in [-0.39, 0.29) is 18.6 Å². The highest BCUT2D eigenvalue weighted by Gasteiger charge is 2.36. The van der Waals surface area contributed by atoms with Crippen LogP contribution in [-0.4, -0.2) is 52.6 Å². The quantitative estimate of drug-likeness (QED) is 0.860. The molecular formula is C15H26N2O3. The molecule has 1 aliphatic heterocycles. The Morgan fingerprint density at radius 2 is 1.90 bits per heavy atom. The Balaban J connectivity index is 2.05. The van der Waals surface area contributed by atoms with Crippen LogP contribution in [0.1, 0.15) is 40.0 Å². The molecule has 5 heteroatoms. The maximum Gasteiger partial charge on any atom is 0.323 e. The fourth-order valence-corrected chi connectivity index (χ4v) is 3.13. The monoisotopic (exact) mass is 282 g/mol. The van der Waals surface area contributed by atoms with Crippen molar-refractivity contribution in [3.05, 3.63) is 0 Å². The van der Waals surface area contributed by atoms with Gasteiger partial charge in [0.1, 0.15) is 6.54 Å². The van der Waals surface area contributed by atoms with Gasteiger partial charge >= 0.3 is 12.0 Å². The second kappa shape index (κ2) is 6.02. The average molecular weight is 282 g/mol. The van der Waals surface area contributed by atoms with E-state index in [9.17, 15) is 9.59 Å². The first kappa shape index (κ1) is 15.1. The first-order chi connectivity index (χ1) is 9.38. The molecule has 0 radical (unpaired) electrons. The van der Waals surface area contributed by atoms with Gasteiger partial charge in [-0.15, -0.1) is 0 Å². The summed E-state index contributed by atoms with van der Waals surface area (Å²) in [5.41, 5.74) is 0. The number of carboxylic acids is 1. The molecule has 2 rings (SSSR count). The molecule has 5 nitrogen and oxygen atoms in total. The van der Waals surface area contributed by atoms with Crippen LogP contribution in [0.3, 0.4) is 0 Å². The van der Waals surface area contributed by atoms with Crippen LogP contribution >= 0.6 is 0 Å². The van der Waals surface area contributed by atoms with Crippen molar-refractivity contribution >= 4 is 12.0 Å². The van der Waals surface area contributed by atoms with Crippen molar-refractivity contribution in [1.29, 1.82) is 0 Å². The van der Waals surface area contributed by atoms with Crippen LogP contribution in [0.4, 0.5) is 4.79 Å². The predicted octanol–water partition coefficient (Wildman–Crippen LogP) is 2.27. The maximum absolute atomic E-state index is 12.7. The molecule has 2 aliphatic rings. The molecule has 0 bridgehead atoms. The number of nitrogens with zero attached hydrogens (tertiary/aromatic N) is 2. The van der Waals surface area contributed by atoms with Crippen molar-refractivity contribution in [2.75, 3.05) is 19.6 Å². The van der Waals surface area contributed by atoms with E-state index in [0.29, 0.717) is 24.3 Å². The lowest BCUT2D eigenvalue weighted by atomic mass is 9.86. The van der Waals surface area contributed by atoms with E-state index in [1.807, 2.05) is 4.90 Å². The van der Waals surface area contributed by atoms with E-state index in [1.165, 1.54) is 4.90 Å². The van der Waals surface area contributed by atoms with Crippen molar-refractivity contribution in [2.24, 2.45) is 17.8 Å². The number of urea groups is 1. The number of aliphatic carboxylic acids is 1. The maximum atomic E-state index is 12.7. The highest BCUT2D eigenvalue weighted by atomic mass is 16.4. The Bertz CT molecular complexity index is 381. The molecule has 20 heavy (non-hydrogen) atoms. The fraction of sp³-hybridized carbons (Fsp3) is 0.867. The summed E-state index contributed by atoms with van der Waals surface area (Å²) >= 11 is 0. The number of carboxylic acid groups (broad SMARTS) is 1. The molecule has 1 N–H and O–H groups in total. The summed E-state index contributed by atoms with van der Waals surface area (Å²) < 4.78 is 0. The van der Waals surface area contributed by atoms with E-state index >= 15 is 0 Å². The predicted molar refractivity (Wildman–Crippen MR) is 76.4 cm³/mol. The molecule has 114 valence electrons. The Hall–Kier alpha value is -1.26. The fourth-order valence-electron chi connectivity index (χ4n) is 3.13. The van der Waals surface area contributed by atoms with Gasteiger partial charge in [0, 0.05) is 19.1 Å². The molecule has 3 unspecified atom stereocenters. The zero-order valence-corrected chi connectivity index (χ0v) is 12.7. The number of amides is 2. The molecule has 0 aromatic rings. The van der Waals surface area contributed by atoms with E-state index in [1.54, 1.807) is 0 Å². The number of rotatable bonds is 4. The third-order valence-corrected chi connectivity index (χ3v) is 4.62. The van der Waals surface area contributed by atoms with Gasteiger partial charge in [-0.1, -0.05) is 13.8 Å². The molecule has 0 aromatic heterocycles. The lowest BCUT2D eigenvalue weighted by Gasteiger charge is -2.43. The van der Waals surface area contributed by atoms with Gasteiger partial charge < -0.3 is 14.9 Å². The molecule has 2 fully saturated rings. The zero-order chi connectivity index (χ0) is 14.9. The van der Waals surface area contributed by atoms with Crippen LogP contribution in [0, 0.1) is 17.8 Å². The third kappa shape index (κ3) is 3.64. The Kier molecular flexibility index (Phi) is 4.55. The molecule has 2 amide bonds. The smallest absolute Gasteiger partial charge is 0.323 e. The molecule has 0 spiro atoms. The lowest BCUT2D eigenvalue weighted by Crippen LogP contribution is -2.54. The summed E-state index contributed by atoms with van der Waals surface area (Å²) in [6, 6.07) is 0.0967. The Morgan fingerprint density at radius 1 is 1.25 bits per heavy atom. The molecule has 0 aromatic carbocycles. The summed E-state index contributed by atoms with van der Waals surface area (Å²) in [7, 11) is 0. The summed E-state index contributed by atoms with van der Waals surface area (Å²) in [5, 5.41) is 9.02. The summed E-state index contributed by atoms with van der Waals surface area (Å²) in [5.74, 6) is 0.533. The average Bonchev–Trinajstić information content (AvgIpc) is 3.15. The van der Waals surface area contributed by atoms with Crippen LogP contribution < -0.4 is 0 Å². The van der Waals surface area contributed by atoms with E-state index in [2.05, 4.69) is 20.8 Å². The Morgan fingerprint density at radius 3 is 2.45 bits per heavy atom. The molecule has 1 saturated heterocycles. The van der Waals surface area contributed by atoms with Gasteiger partial charge in [0.15, 0.2) is 0 Å². The lowest BCUT2D eigenvalue weighted by molar-refractivity contribution is -0.137. The Labute approximate surface area is 120 Å². The summed E-state index contributed by atoms with van der Waals surface area (Å²) in [6.07, 6.45) is 3.37. The van der Waals surface area contributed by atoms with Gasteiger partial charge in [-0.3, -0.25) is 4.79 Å². The third-order valence-electron chi connectivity index (χ3n) is 4.62. The second-order valence-electron chi connectivity index (χ2n) is 6.71. The van der Waals surface area contributed by atoms with Gasteiger partial charge in [-0.2, -0.15) is 0 Å². The van der Waals surface area contributed by atoms with Crippen molar-refractivity contribution in [1.82, 2.24) is 9.80 Å². The highest BCUT2D eigenvalue weighted by molar-refractivity contribution is 5.80. The minimum atomic E-state index is -0.926. The number of carbonyl (C=O) groups is 2. The van der Waals surface area contributed by atoms with Crippen molar-refractivity contribution in [3.63, 3.8) is 0 Å². The standard InChI is InChI=1S/C15H26N2O3/c1-10-6-11(2)12(3)17(7-10)15(20)16(9-14(18)19)8-13-4-5-13/h10-13H,4-9H2,1-3H3,(H,18,19). The van der Waals surface area contributed by atoms with Gasteiger partial charge in [0.05, 0.1) is 0 Å². The number of hydrogen-bond acceptors (Lipinski definition) is 2. The van der Waals surface area contributed by atoms with Crippen molar-refractivity contribution in [2.45, 2.75) is 46.1 Å². The van der Waals surface area contributed by atoms with Crippen LogP contribution in [0.2, 0.25) is 0 Å². The molecule has 3 atom stereocenters. The van der Waals surface area contributed by atoms with E-state index in [0.717, 1.165) is 25.8 Å². The van der Waals surface area contributed by atoms with Crippen molar-refractivity contribution in [3.8, 4) is 0 Å². The van der Waals surface area contributed by atoms with Crippen LogP contribution in [0.15, 0.2) is 0 Å². The highest BCUT2D eigenvalue weighted by Crippen LogP contribution is 2.31. The molecule has 1 heterocycles. The topological polar surface area (TPSA) is 60.9 Å². The van der Waals surface area contributed by atoms with E-state index in [4.69, 9.17) is 5.11 Å². The van der Waals surface area contributed by atoms with Crippen LogP contribution in [0.25, 0.3) is 0 Å². The zero-order valence-electron chi connectivity index (χ0n) is 12.7. The first-order valence-electron chi connectivity index (χ1n) is 7.65. The second-order valence-corrected chi connectivity index (χ2v) is 6.71. The summed E-state index contributed by atoms with van der Waals surface area (Å²) in [4.78, 5) is 27.1. The minimum absolute atomic E-state index is 0.0924. The number of piperidine rings is 1. The number of carbonyl (C=O) groups excluding carboxylic acids is 1. The van der Waals surface area contributed by atoms with Gasteiger partial charge in [0.2, 0.25) is 0 Å². The van der Waals surface area contributed by atoms with Crippen molar-refractivity contribution < 1.29 is 14.7 Å². The van der Waals surface area contributed by atoms with E-state index < -0.39 is 5.97 Å². The molecule has 1 aliphatic carbocycles. The van der Waals surface area contributed by atoms with Crippen LogP contribution in [0.5, 0.6) is 0 Å². The van der Waals surface area contributed by atoms with Crippen LogP contribution in [-0.2, 0) is 4.79 Å². The van der Waals surface area contributed by atoms with Gasteiger partial charge in [0.25, 0.3) is 0 Å². The largest absolute Gasteiger partial charge is 0.480 e. The minimum Gasteiger partial charge on any atom is -0.480 e. The number of likely N-dealkylation sites (tertiary alicyclic amines) is 1. The van der Waals surface area contributed by atoms with Gasteiger partial charge in [-0.25, -0.2) is 4.79 Å². The SMILES string of the molecule is CC1CC(C)C(C)N(C(=O)N(CC(=O)O)CC2CC2)C1. The molecule has 1 saturated carbocycles. The summed E-state index contributed by atoms with van der Waals surface area (Å²) in [6.45, 7) is 7.56. The number of hydrogen-bond donors (Lipinski definition) is 1. The normalized spacial score (nSPS) is 30.1. The molecular weight excluding hydrogens is 256 g/mol.